The molecule has 0 spiro atoms. The summed E-state index contributed by atoms with van der Waals surface area (Å²) in [5, 5.41) is 14.8. The van der Waals surface area contributed by atoms with E-state index in [1.54, 1.807) is 17.5 Å². The lowest BCUT2D eigenvalue weighted by Gasteiger charge is -2.05. The van der Waals surface area contributed by atoms with Gasteiger partial charge in [-0.2, -0.15) is 0 Å². The van der Waals surface area contributed by atoms with Crippen molar-refractivity contribution in [3.63, 3.8) is 0 Å². The van der Waals surface area contributed by atoms with Crippen LogP contribution < -0.4 is 5.32 Å². The van der Waals surface area contributed by atoms with Gasteiger partial charge in [0.15, 0.2) is 5.13 Å². The summed E-state index contributed by atoms with van der Waals surface area (Å²) < 4.78 is 0.824. The fourth-order valence-corrected chi connectivity index (χ4v) is 2.81. The molecule has 18 heavy (non-hydrogen) atoms. The monoisotopic (exact) mass is 346 g/mol. The highest BCUT2D eigenvalue weighted by atomic mass is 79.9. The molecule has 0 atom stereocenters. The highest BCUT2D eigenvalue weighted by molar-refractivity contribution is 9.10. The molecule has 0 amide bonds. The Labute approximate surface area is 121 Å². The van der Waals surface area contributed by atoms with Crippen molar-refractivity contribution in [3.05, 3.63) is 38.8 Å². The number of hydrogen-bond acceptors (Lipinski definition) is 4. The van der Waals surface area contributed by atoms with Gasteiger partial charge >= 0.3 is 5.97 Å². The van der Waals surface area contributed by atoms with Gasteiger partial charge in [0.25, 0.3) is 0 Å². The first kappa shape index (κ1) is 13.3. The zero-order valence-corrected chi connectivity index (χ0v) is 12.1. The molecular formula is C11H8BrClN2O2S. The Morgan fingerprint density at radius 1 is 1.56 bits per heavy atom. The lowest BCUT2D eigenvalue weighted by atomic mass is 10.3. The Kier molecular flexibility index (Phi) is 4.21. The van der Waals surface area contributed by atoms with Crippen molar-refractivity contribution in [3.8, 4) is 0 Å². The normalized spacial score (nSPS) is 10.3. The third kappa shape index (κ3) is 3.44. The molecule has 0 radical (unpaired) electrons. The second-order valence-electron chi connectivity index (χ2n) is 3.46. The second kappa shape index (κ2) is 5.69. The average molecular weight is 348 g/mol. The molecule has 2 aromatic rings. The number of anilines is 2. The van der Waals surface area contributed by atoms with Crippen molar-refractivity contribution in [1.82, 2.24) is 4.98 Å². The molecule has 1 heterocycles. The number of aliphatic carboxylic acids is 1. The van der Waals surface area contributed by atoms with E-state index in [2.05, 4.69) is 26.2 Å². The first-order valence-electron chi connectivity index (χ1n) is 4.93. The summed E-state index contributed by atoms with van der Waals surface area (Å²) in [6.07, 6.45) is -0.0695. The fraction of sp³-hybridized carbons (Fsp3) is 0.0909. The predicted octanol–water partition coefficient (Wildman–Crippen LogP) is 3.93. The predicted molar refractivity (Wildman–Crippen MR) is 75.9 cm³/mol. The third-order valence-electron chi connectivity index (χ3n) is 2.06. The minimum atomic E-state index is -0.889. The molecule has 94 valence electrons. The first-order valence-corrected chi connectivity index (χ1v) is 6.98. The molecule has 2 rings (SSSR count). The zero-order chi connectivity index (χ0) is 13.1. The minimum absolute atomic E-state index is 0.0695. The molecule has 2 N–H and O–H groups in total. The van der Waals surface area contributed by atoms with E-state index in [0.29, 0.717) is 15.8 Å². The number of rotatable bonds is 4. The van der Waals surface area contributed by atoms with Crippen molar-refractivity contribution in [2.45, 2.75) is 6.42 Å². The van der Waals surface area contributed by atoms with Crippen molar-refractivity contribution >= 4 is 55.7 Å². The van der Waals surface area contributed by atoms with E-state index >= 15 is 0 Å². The van der Waals surface area contributed by atoms with Crippen LogP contribution in [-0.4, -0.2) is 16.1 Å². The van der Waals surface area contributed by atoms with Gasteiger partial charge < -0.3 is 10.4 Å². The summed E-state index contributed by atoms with van der Waals surface area (Å²) in [5.41, 5.74) is 1.37. The van der Waals surface area contributed by atoms with Gasteiger partial charge in [0.1, 0.15) is 0 Å². The van der Waals surface area contributed by atoms with Gasteiger partial charge in [0, 0.05) is 14.9 Å². The van der Waals surface area contributed by atoms with Crippen LogP contribution in [0, 0.1) is 0 Å². The van der Waals surface area contributed by atoms with Crippen LogP contribution in [0.5, 0.6) is 0 Å². The number of nitrogens with one attached hydrogen (secondary N) is 1. The molecule has 0 saturated carbocycles. The van der Waals surface area contributed by atoms with Gasteiger partial charge in [-0.3, -0.25) is 4.79 Å². The van der Waals surface area contributed by atoms with Crippen LogP contribution in [0.3, 0.4) is 0 Å². The van der Waals surface area contributed by atoms with E-state index in [-0.39, 0.29) is 6.42 Å². The molecule has 0 fully saturated rings. The summed E-state index contributed by atoms with van der Waals surface area (Å²) in [5.74, 6) is -0.889. The Bertz CT molecular complexity index is 588. The Morgan fingerprint density at radius 3 is 3.00 bits per heavy atom. The van der Waals surface area contributed by atoms with Crippen molar-refractivity contribution in [2.75, 3.05) is 5.32 Å². The quantitative estimate of drug-likeness (QED) is 0.879. The summed E-state index contributed by atoms with van der Waals surface area (Å²) in [4.78, 5) is 14.7. The molecule has 1 aromatic heterocycles. The van der Waals surface area contributed by atoms with Crippen LogP contribution >= 0.6 is 38.9 Å². The van der Waals surface area contributed by atoms with E-state index < -0.39 is 5.97 Å². The highest BCUT2D eigenvalue weighted by Crippen LogP contribution is 2.29. The molecule has 0 bridgehead atoms. The first-order chi connectivity index (χ1) is 8.54. The smallest absolute Gasteiger partial charge is 0.309 e. The van der Waals surface area contributed by atoms with Crippen molar-refractivity contribution < 1.29 is 9.90 Å². The van der Waals surface area contributed by atoms with Gasteiger partial charge in [-0.05, 0) is 34.1 Å². The Balaban J connectivity index is 2.13. The van der Waals surface area contributed by atoms with Crippen LogP contribution in [0.15, 0.2) is 28.1 Å². The largest absolute Gasteiger partial charge is 0.481 e. The molecule has 0 aliphatic carbocycles. The molecule has 0 unspecified atom stereocenters. The lowest BCUT2D eigenvalue weighted by Crippen LogP contribution is -2.00. The van der Waals surface area contributed by atoms with Crippen LogP contribution in [0.4, 0.5) is 10.8 Å². The van der Waals surface area contributed by atoms with Crippen LogP contribution in [0.25, 0.3) is 0 Å². The highest BCUT2D eigenvalue weighted by Gasteiger charge is 2.07. The maximum atomic E-state index is 10.5. The van der Waals surface area contributed by atoms with E-state index in [9.17, 15) is 4.79 Å². The summed E-state index contributed by atoms with van der Waals surface area (Å²) >= 11 is 10.6. The third-order valence-corrected chi connectivity index (χ3v) is 3.75. The minimum Gasteiger partial charge on any atom is -0.481 e. The fourth-order valence-electron chi connectivity index (χ4n) is 1.31. The van der Waals surface area contributed by atoms with Gasteiger partial charge in [-0.15, -0.1) is 11.3 Å². The van der Waals surface area contributed by atoms with E-state index in [1.807, 2.05) is 6.07 Å². The summed E-state index contributed by atoms with van der Waals surface area (Å²) in [7, 11) is 0. The number of nitrogens with zero attached hydrogens (tertiary/aromatic N) is 1. The van der Waals surface area contributed by atoms with Gasteiger partial charge in [0.2, 0.25) is 0 Å². The van der Waals surface area contributed by atoms with E-state index in [0.717, 1.165) is 10.2 Å². The number of thiazole rings is 1. The topological polar surface area (TPSA) is 62.2 Å². The lowest BCUT2D eigenvalue weighted by molar-refractivity contribution is -0.136. The molecule has 0 saturated heterocycles. The van der Waals surface area contributed by atoms with Crippen LogP contribution in [-0.2, 0) is 11.2 Å². The maximum absolute atomic E-state index is 10.5. The Hall–Kier alpha value is -1.11. The second-order valence-corrected chi connectivity index (χ2v) is 5.61. The number of halogens is 2. The zero-order valence-electron chi connectivity index (χ0n) is 8.98. The van der Waals surface area contributed by atoms with E-state index in [4.69, 9.17) is 16.7 Å². The SMILES string of the molecule is O=C(O)Cc1csc(Nc2ccc(Cl)cc2Br)n1. The van der Waals surface area contributed by atoms with Gasteiger partial charge in [0.05, 0.1) is 17.8 Å². The van der Waals surface area contributed by atoms with Crippen molar-refractivity contribution in [2.24, 2.45) is 0 Å². The molecule has 1 aromatic carbocycles. The maximum Gasteiger partial charge on any atom is 0.309 e. The molecular weight excluding hydrogens is 340 g/mol. The van der Waals surface area contributed by atoms with Crippen LogP contribution in [0.2, 0.25) is 5.02 Å². The number of aromatic nitrogens is 1. The van der Waals surface area contributed by atoms with Gasteiger partial charge in [-0.1, -0.05) is 11.6 Å². The molecule has 4 nitrogen and oxygen atoms in total. The molecule has 7 heteroatoms. The average Bonchev–Trinajstić information content (AvgIpc) is 2.69. The summed E-state index contributed by atoms with van der Waals surface area (Å²) in [6, 6.07) is 5.36. The molecule has 0 aliphatic heterocycles. The standard InChI is InChI=1S/C11H8BrClN2O2S/c12-8-3-6(13)1-2-9(8)15-11-14-7(5-18-11)4-10(16)17/h1-3,5H,4H2,(H,14,15)(H,16,17). The Morgan fingerprint density at radius 2 is 2.33 bits per heavy atom. The number of carbonyl (C=O) groups is 1. The molecule has 0 aliphatic rings. The summed E-state index contributed by atoms with van der Waals surface area (Å²) in [6.45, 7) is 0. The van der Waals surface area contributed by atoms with Gasteiger partial charge in [-0.25, -0.2) is 4.98 Å². The number of carboxylic acids is 1. The van der Waals surface area contributed by atoms with E-state index in [1.165, 1.54) is 11.3 Å². The van der Waals surface area contributed by atoms with Crippen LogP contribution in [0.1, 0.15) is 5.69 Å². The number of benzene rings is 1. The number of hydrogen-bond donors (Lipinski definition) is 2. The number of carboxylic acid groups (broad SMARTS) is 1. The van der Waals surface area contributed by atoms with Crippen molar-refractivity contribution in [1.29, 1.82) is 0 Å².